The van der Waals surface area contributed by atoms with Crippen LogP contribution in [0.4, 0.5) is 5.69 Å². The molecule has 1 N–H and O–H groups in total. The summed E-state index contributed by atoms with van der Waals surface area (Å²) in [5.41, 5.74) is 1.40. The Balaban J connectivity index is 1.93. The molecule has 1 aromatic heterocycles. The van der Waals surface area contributed by atoms with Gasteiger partial charge in [0.15, 0.2) is 0 Å². The van der Waals surface area contributed by atoms with E-state index in [0.29, 0.717) is 42.4 Å². The first-order valence-electron chi connectivity index (χ1n) is 7.63. The number of nitrogens with zero attached hydrogens (tertiary/aromatic N) is 3. The fraction of sp³-hybridized carbons (Fsp3) is 0.375. The van der Waals surface area contributed by atoms with Gasteiger partial charge in [0, 0.05) is 12.1 Å². The summed E-state index contributed by atoms with van der Waals surface area (Å²) in [6, 6.07) is 6.86. The molecule has 0 unspecified atom stereocenters. The topological polar surface area (TPSA) is 99.3 Å². The van der Waals surface area contributed by atoms with Gasteiger partial charge in [-0.05, 0) is 45.0 Å². The van der Waals surface area contributed by atoms with E-state index in [2.05, 4.69) is 10.4 Å². The number of carbonyl (C=O) groups excluding carboxylic acids is 1. The van der Waals surface area contributed by atoms with Crippen molar-refractivity contribution in [2.75, 3.05) is 13.2 Å². The lowest BCUT2D eigenvalue weighted by Crippen LogP contribution is -2.27. The lowest BCUT2D eigenvalue weighted by molar-refractivity contribution is -0.386. The van der Waals surface area contributed by atoms with Crippen molar-refractivity contribution in [2.24, 2.45) is 0 Å². The van der Waals surface area contributed by atoms with E-state index in [4.69, 9.17) is 4.74 Å². The largest absolute Gasteiger partial charge is 0.494 e. The average Bonchev–Trinajstić information content (AvgIpc) is 2.82. The number of amides is 1. The molecule has 1 amide bonds. The lowest BCUT2D eigenvalue weighted by atomic mass is 10.2. The van der Waals surface area contributed by atoms with Gasteiger partial charge in [-0.2, -0.15) is 5.10 Å². The van der Waals surface area contributed by atoms with E-state index >= 15 is 0 Å². The van der Waals surface area contributed by atoms with Crippen LogP contribution in [-0.2, 0) is 6.54 Å². The number of nitrogens with one attached hydrogen (secondary N) is 1. The van der Waals surface area contributed by atoms with Gasteiger partial charge in [0.2, 0.25) is 0 Å². The van der Waals surface area contributed by atoms with E-state index in [9.17, 15) is 14.9 Å². The lowest BCUT2D eigenvalue weighted by Gasteiger charge is -2.07. The van der Waals surface area contributed by atoms with Crippen LogP contribution in [-0.4, -0.2) is 33.8 Å². The third-order valence-electron chi connectivity index (χ3n) is 3.56. The second-order valence-electron chi connectivity index (χ2n) is 5.21. The summed E-state index contributed by atoms with van der Waals surface area (Å²) in [5, 5.41) is 17.9. The number of aromatic nitrogens is 2. The SMILES string of the molecule is CCOc1ccc(C(=O)NCCn2nc(C)c([N+](=O)[O-])c2C)cc1. The molecule has 0 saturated carbocycles. The van der Waals surface area contributed by atoms with Gasteiger partial charge in [-0.15, -0.1) is 0 Å². The summed E-state index contributed by atoms with van der Waals surface area (Å²) in [6.45, 7) is 6.39. The molecular formula is C16H20N4O4. The predicted octanol–water partition coefficient (Wildman–Crippen LogP) is 2.24. The minimum atomic E-state index is -0.438. The zero-order valence-corrected chi connectivity index (χ0v) is 13.9. The van der Waals surface area contributed by atoms with Gasteiger partial charge in [0.1, 0.15) is 17.1 Å². The fourth-order valence-electron chi connectivity index (χ4n) is 2.42. The summed E-state index contributed by atoms with van der Waals surface area (Å²) in [5.74, 6) is 0.498. The van der Waals surface area contributed by atoms with E-state index < -0.39 is 4.92 Å². The maximum Gasteiger partial charge on any atom is 0.312 e. The summed E-state index contributed by atoms with van der Waals surface area (Å²) in [4.78, 5) is 22.6. The molecule has 24 heavy (non-hydrogen) atoms. The molecule has 8 heteroatoms. The fourth-order valence-corrected chi connectivity index (χ4v) is 2.42. The number of nitro groups is 1. The first-order valence-corrected chi connectivity index (χ1v) is 7.63. The molecule has 0 atom stereocenters. The van der Waals surface area contributed by atoms with Gasteiger partial charge in [-0.25, -0.2) is 0 Å². The van der Waals surface area contributed by atoms with Gasteiger partial charge < -0.3 is 10.1 Å². The minimum absolute atomic E-state index is 0.0211. The minimum Gasteiger partial charge on any atom is -0.494 e. The molecule has 0 aliphatic rings. The first-order chi connectivity index (χ1) is 11.4. The third kappa shape index (κ3) is 3.89. The Hall–Kier alpha value is -2.90. The number of carbonyl (C=O) groups is 1. The molecule has 1 aromatic carbocycles. The molecule has 8 nitrogen and oxygen atoms in total. The Bertz CT molecular complexity index is 737. The Labute approximate surface area is 139 Å². The molecule has 2 aromatic rings. The quantitative estimate of drug-likeness (QED) is 0.619. The van der Waals surface area contributed by atoms with Gasteiger partial charge in [0.25, 0.3) is 5.91 Å². The first kappa shape index (κ1) is 17.5. The molecule has 1 heterocycles. The van der Waals surface area contributed by atoms with Crippen molar-refractivity contribution in [3.63, 3.8) is 0 Å². The highest BCUT2D eigenvalue weighted by Gasteiger charge is 2.21. The summed E-state index contributed by atoms with van der Waals surface area (Å²) in [7, 11) is 0. The van der Waals surface area contributed by atoms with Crippen molar-refractivity contribution >= 4 is 11.6 Å². The van der Waals surface area contributed by atoms with Crippen molar-refractivity contribution in [1.29, 1.82) is 0 Å². The molecule has 0 aliphatic carbocycles. The van der Waals surface area contributed by atoms with Crippen LogP contribution in [0.2, 0.25) is 0 Å². The predicted molar refractivity (Wildman–Crippen MR) is 88.3 cm³/mol. The van der Waals surface area contributed by atoms with E-state index in [1.165, 1.54) is 4.68 Å². The maximum atomic E-state index is 12.1. The number of ether oxygens (including phenoxy) is 1. The van der Waals surface area contributed by atoms with Crippen LogP contribution in [0.3, 0.4) is 0 Å². The maximum absolute atomic E-state index is 12.1. The van der Waals surface area contributed by atoms with E-state index in [0.717, 1.165) is 0 Å². The highest BCUT2D eigenvalue weighted by molar-refractivity contribution is 5.94. The molecule has 0 radical (unpaired) electrons. The molecular weight excluding hydrogens is 312 g/mol. The van der Waals surface area contributed by atoms with Crippen LogP contribution >= 0.6 is 0 Å². The third-order valence-corrected chi connectivity index (χ3v) is 3.56. The molecule has 0 fully saturated rings. The molecule has 0 saturated heterocycles. The summed E-state index contributed by atoms with van der Waals surface area (Å²) in [6.07, 6.45) is 0. The number of hydrogen-bond donors (Lipinski definition) is 1. The average molecular weight is 332 g/mol. The Kier molecular flexibility index (Phi) is 5.51. The highest BCUT2D eigenvalue weighted by Crippen LogP contribution is 2.21. The van der Waals surface area contributed by atoms with E-state index in [1.807, 2.05) is 6.92 Å². The van der Waals surface area contributed by atoms with Gasteiger partial charge in [-0.3, -0.25) is 19.6 Å². The van der Waals surface area contributed by atoms with Crippen molar-refractivity contribution in [1.82, 2.24) is 15.1 Å². The van der Waals surface area contributed by atoms with Crippen LogP contribution in [0, 0.1) is 24.0 Å². The second kappa shape index (κ2) is 7.58. The van der Waals surface area contributed by atoms with Crippen molar-refractivity contribution < 1.29 is 14.5 Å². The second-order valence-corrected chi connectivity index (χ2v) is 5.21. The summed E-state index contributed by atoms with van der Waals surface area (Å²) >= 11 is 0. The van der Waals surface area contributed by atoms with Crippen molar-refractivity contribution in [3.05, 3.63) is 51.3 Å². The number of benzene rings is 1. The van der Waals surface area contributed by atoms with Gasteiger partial charge in [-0.1, -0.05) is 0 Å². The normalized spacial score (nSPS) is 10.5. The van der Waals surface area contributed by atoms with Crippen molar-refractivity contribution in [3.8, 4) is 5.75 Å². The van der Waals surface area contributed by atoms with Crippen LogP contribution in [0.1, 0.15) is 28.7 Å². The highest BCUT2D eigenvalue weighted by atomic mass is 16.6. The Morgan fingerprint density at radius 1 is 1.33 bits per heavy atom. The standard InChI is InChI=1S/C16H20N4O4/c1-4-24-14-7-5-13(6-8-14)16(21)17-9-10-19-12(3)15(20(22)23)11(2)18-19/h5-8H,4,9-10H2,1-3H3,(H,17,21). The molecule has 0 spiro atoms. The Morgan fingerprint density at radius 3 is 2.54 bits per heavy atom. The zero-order chi connectivity index (χ0) is 17.7. The van der Waals surface area contributed by atoms with Gasteiger partial charge >= 0.3 is 5.69 Å². The molecule has 2 rings (SSSR count). The van der Waals surface area contributed by atoms with E-state index in [1.54, 1.807) is 38.1 Å². The molecule has 0 bridgehead atoms. The number of hydrogen-bond acceptors (Lipinski definition) is 5. The van der Waals surface area contributed by atoms with Crippen LogP contribution in [0.15, 0.2) is 24.3 Å². The number of rotatable bonds is 7. The van der Waals surface area contributed by atoms with Crippen molar-refractivity contribution in [2.45, 2.75) is 27.3 Å². The zero-order valence-electron chi connectivity index (χ0n) is 13.9. The van der Waals surface area contributed by atoms with Crippen LogP contribution in [0.25, 0.3) is 0 Å². The van der Waals surface area contributed by atoms with E-state index in [-0.39, 0.29) is 11.6 Å². The van der Waals surface area contributed by atoms with Gasteiger partial charge in [0.05, 0.1) is 18.1 Å². The summed E-state index contributed by atoms with van der Waals surface area (Å²) < 4.78 is 6.86. The monoisotopic (exact) mass is 332 g/mol. The van der Waals surface area contributed by atoms with Crippen LogP contribution in [0.5, 0.6) is 5.75 Å². The molecule has 0 aliphatic heterocycles. The smallest absolute Gasteiger partial charge is 0.312 e. The number of aryl methyl sites for hydroxylation is 1. The molecule has 128 valence electrons. The Morgan fingerprint density at radius 2 is 2.00 bits per heavy atom. The van der Waals surface area contributed by atoms with Crippen LogP contribution < -0.4 is 10.1 Å².